The Hall–Kier alpha value is -6.40. The molecule has 16 fully saturated rings. The van der Waals surface area contributed by atoms with Crippen LogP contribution < -0.4 is 0 Å². The third-order valence-corrected chi connectivity index (χ3v) is 25.4. The van der Waals surface area contributed by atoms with E-state index in [2.05, 4.69) is 0 Å². The van der Waals surface area contributed by atoms with Crippen LogP contribution in [0.25, 0.3) is 0 Å². The van der Waals surface area contributed by atoms with Gasteiger partial charge in [-0.3, -0.25) is 57.5 Å². The highest BCUT2D eigenvalue weighted by Crippen LogP contribution is 2.60. The summed E-state index contributed by atoms with van der Waals surface area (Å²) in [6.45, 7) is 30.2. The van der Waals surface area contributed by atoms with E-state index in [1.54, 1.807) is 0 Å². The quantitative estimate of drug-likeness (QED) is 0.0863. The van der Waals surface area contributed by atoms with Crippen LogP contribution in [0.5, 0.6) is 0 Å². The summed E-state index contributed by atoms with van der Waals surface area (Å²) >= 11 is 0. The predicted octanol–water partition coefficient (Wildman–Crippen LogP) is 8.58. The first-order chi connectivity index (χ1) is 46.3. The molecule has 0 aromatic rings. The van der Waals surface area contributed by atoms with Crippen LogP contribution in [0.15, 0.2) is 0 Å². The molecule has 0 aromatic carbocycles. The number of fused-ring (bicyclic) bond motifs is 7. The molecule has 0 amide bonds. The molecule has 7 saturated carbocycles. The van der Waals surface area contributed by atoms with Gasteiger partial charge in [-0.05, 0) is 160 Å². The molecule has 552 valence electrons. The summed E-state index contributed by atoms with van der Waals surface area (Å²) in [7, 11) is 1.31. The number of carbonyl (C=O) groups is 12. The SMILES string of the molecule is CCC(C)(C)C(=O)OC1C2CC3C(=O)OC1C3O2.CCC(C)(C)C(=O)OC1C2CC3C1OC(=O)C3C2C(=O)OC.CCC(C)(C)C(=O)OC1C2CC3CC2C(=O)OC31.CCC(C)(C)C(=O)OC1CC2CCC1(C)OC2=O.CCC(C)(C)C(=O)OCCC(=O)OC1C2CC3C(=O)OC1C3C2. The topological polar surface area (TPSA) is 325 Å². The number of carbonyl (C=O) groups excluding carboxylic acids is 12. The third-order valence-electron chi connectivity index (χ3n) is 25.4. The Kier molecular flexibility index (Phi) is 21.4. The summed E-state index contributed by atoms with van der Waals surface area (Å²) in [5.74, 6) is -3.34. The first kappa shape index (κ1) is 75.3. The highest BCUT2D eigenvalue weighted by atomic mass is 16.7. The Bertz CT molecular complexity index is 3100. The van der Waals surface area contributed by atoms with E-state index >= 15 is 0 Å². The minimum absolute atomic E-state index is 0.0113. The van der Waals surface area contributed by atoms with Crippen molar-refractivity contribution in [2.24, 2.45) is 98.1 Å². The van der Waals surface area contributed by atoms with E-state index in [9.17, 15) is 57.5 Å². The van der Waals surface area contributed by atoms with Crippen molar-refractivity contribution in [3.8, 4) is 0 Å². The van der Waals surface area contributed by atoms with E-state index in [0.717, 1.165) is 51.4 Å². The fourth-order valence-corrected chi connectivity index (χ4v) is 16.7. The Morgan fingerprint density at radius 1 is 0.455 bits per heavy atom. The van der Waals surface area contributed by atoms with Gasteiger partial charge in [0.05, 0.1) is 82.2 Å². The maximum Gasteiger partial charge on any atom is 0.312 e. The monoisotopic (exact) mass is 1390 g/mol. The minimum Gasteiger partial charge on any atom is -0.469 e. The standard InChI is InChI=1S/C17H24O6.C16H22O6.C14H20O4.C14H22O4.C13H18O5/c1-4-17(2,3)16(20)21-6-5-12(18)22-13-9-7-10-11(8-9)15(19)23-14(10)13;1-5-16(2,3)15(19)22-12-7-6-8-10(9(7)13(17)20-4)14(18)21-11(8)12;1-4-14(2,3)13(16)18-11-8-5-7-6-9(8)12(15)17-10(7)11;1-5-13(2,3)12(16)17-10-8-9-6-7-14(10,4)18-11(9)15;1-4-13(2,3)12(15)18-9-7-5-6-8(16-7)10(9)17-11(6)14/h9-11,13-14H,4-8H2,1-3H3;7-12H,5-6H2,1-4H3;7-11H,4-6H2,1-3H3;9-10H,5-8H2,1-4H3;6-10H,4-5H2,1-3H3. The minimum atomic E-state index is -0.620. The van der Waals surface area contributed by atoms with E-state index in [4.69, 9.17) is 61.6 Å². The lowest BCUT2D eigenvalue weighted by atomic mass is 9.74. The van der Waals surface area contributed by atoms with Crippen molar-refractivity contribution in [2.45, 2.75) is 280 Å². The molecule has 16 rings (SSSR count). The number of esters is 12. The average molecular weight is 1400 g/mol. The van der Waals surface area contributed by atoms with Gasteiger partial charge in [0.15, 0.2) is 12.2 Å². The van der Waals surface area contributed by atoms with Gasteiger partial charge < -0.3 is 61.6 Å². The summed E-state index contributed by atoms with van der Waals surface area (Å²) in [4.78, 5) is 143. The van der Waals surface area contributed by atoms with Crippen LogP contribution in [0.1, 0.15) is 207 Å². The molecule has 25 nitrogen and oxygen atoms in total. The fraction of sp³-hybridized carbons (Fsp3) is 0.838. The molecule has 7 aliphatic carbocycles. The number of ether oxygens (including phenoxy) is 13. The number of rotatable bonds is 19. The van der Waals surface area contributed by atoms with Crippen LogP contribution in [0, 0.1) is 98.1 Å². The van der Waals surface area contributed by atoms with Gasteiger partial charge in [0.25, 0.3) is 0 Å². The maximum absolute atomic E-state index is 12.4. The molecule has 9 heterocycles. The Balaban J connectivity index is 0.000000134. The lowest BCUT2D eigenvalue weighted by molar-refractivity contribution is -0.221. The Morgan fingerprint density at radius 2 is 0.929 bits per heavy atom. The van der Waals surface area contributed by atoms with E-state index in [0.29, 0.717) is 44.4 Å². The zero-order chi connectivity index (χ0) is 72.7. The molecule has 0 spiro atoms. The molecule has 16 aliphatic rings. The van der Waals surface area contributed by atoms with Crippen molar-refractivity contribution in [1.29, 1.82) is 0 Å². The lowest BCUT2D eigenvalue weighted by Crippen LogP contribution is -2.57. The maximum atomic E-state index is 12.4. The smallest absolute Gasteiger partial charge is 0.312 e. The molecule has 25 heteroatoms. The predicted molar refractivity (Wildman–Crippen MR) is 343 cm³/mol. The molecule has 0 radical (unpaired) electrons. The van der Waals surface area contributed by atoms with Crippen molar-refractivity contribution in [3.05, 3.63) is 0 Å². The van der Waals surface area contributed by atoms with E-state index < -0.39 is 80.9 Å². The molecule has 0 aromatic heterocycles. The van der Waals surface area contributed by atoms with Gasteiger partial charge in [-0.2, -0.15) is 0 Å². The average Bonchev–Trinajstić information content (AvgIpc) is 1.57. The van der Waals surface area contributed by atoms with E-state index in [1.807, 2.05) is 111 Å². The fourth-order valence-electron chi connectivity index (χ4n) is 16.7. The van der Waals surface area contributed by atoms with Gasteiger partial charge in [0.1, 0.15) is 61.0 Å². The summed E-state index contributed by atoms with van der Waals surface area (Å²) in [6, 6.07) is 0. The van der Waals surface area contributed by atoms with Gasteiger partial charge in [-0.25, -0.2) is 0 Å². The van der Waals surface area contributed by atoms with Crippen molar-refractivity contribution in [1.82, 2.24) is 0 Å². The van der Waals surface area contributed by atoms with Crippen molar-refractivity contribution >= 4 is 71.6 Å². The highest BCUT2D eigenvalue weighted by molar-refractivity contribution is 5.87. The number of hydrogen-bond donors (Lipinski definition) is 0. The largest absolute Gasteiger partial charge is 0.469 e. The van der Waals surface area contributed by atoms with Crippen molar-refractivity contribution < 1.29 is 119 Å². The van der Waals surface area contributed by atoms with Gasteiger partial charge in [-0.1, -0.05) is 34.6 Å². The van der Waals surface area contributed by atoms with E-state index in [-0.39, 0.29) is 169 Å². The molecular formula is C74H106O25. The van der Waals surface area contributed by atoms with Crippen molar-refractivity contribution in [3.63, 3.8) is 0 Å². The second-order valence-corrected chi connectivity index (χ2v) is 33.5. The van der Waals surface area contributed by atoms with Crippen LogP contribution in [0.4, 0.5) is 0 Å². The second kappa shape index (κ2) is 28.1. The highest BCUT2D eigenvalue weighted by Gasteiger charge is 2.71. The first-order valence-corrected chi connectivity index (χ1v) is 36.3. The molecule has 0 N–H and O–H groups in total. The Labute approximate surface area is 580 Å². The summed E-state index contributed by atoms with van der Waals surface area (Å²) in [5.41, 5.74) is -3.19. The van der Waals surface area contributed by atoms with Gasteiger partial charge >= 0.3 is 71.6 Å². The lowest BCUT2D eigenvalue weighted by Gasteiger charge is -2.48. The zero-order valence-electron chi connectivity index (χ0n) is 60.8. The van der Waals surface area contributed by atoms with Crippen LogP contribution in [-0.2, 0) is 119 Å². The molecule has 12 bridgehead atoms. The van der Waals surface area contributed by atoms with Crippen LogP contribution in [0.2, 0.25) is 0 Å². The van der Waals surface area contributed by atoms with Crippen molar-refractivity contribution in [2.75, 3.05) is 13.7 Å². The molecule has 24 unspecified atom stereocenters. The van der Waals surface area contributed by atoms with Crippen LogP contribution in [-0.4, -0.2) is 158 Å². The first-order valence-electron chi connectivity index (χ1n) is 36.3. The molecule has 9 aliphatic heterocycles. The second-order valence-electron chi connectivity index (χ2n) is 33.5. The van der Waals surface area contributed by atoms with Crippen LogP contribution >= 0.6 is 0 Å². The summed E-state index contributed by atoms with van der Waals surface area (Å²) < 4.78 is 70.5. The normalized spacial score (nSPS) is 37.9. The van der Waals surface area contributed by atoms with E-state index in [1.165, 1.54) is 7.11 Å². The molecule has 9 saturated heterocycles. The third kappa shape index (κ3) is 14.2. The summed E-state index contributed by atoms with van der Waals surface area (Å²) in [5, 5.41) is 0. The van der Waals surface area contributed by atoms with Gasteiger partial charge in [-0.15, -0.1) is 0 Å². The van der Waals surface area contributed by atoms with Gasteiger partial charge in [0.2, 0.25) is 0 Å². The molecule has 99 heavy (non-hydrogen) atoms. The summed E-state index contributed by atoms with van der Waals surface area (Å²) in [6.07, 6.45) is 7.30. The molecule has 24 atom stereocenters. The zero-order valence-corrected chi connectivity index (χ0v) is 60.8. The number of hydrogen-bond acceptors (Lipinski definition) is 25. The van der Waals surface area contributed by atoms with Crippen LogP contribution in [0.3, 0.4) is 0 Å². The Morgan fingerprint density at radius 3 is 1.47 bits per heavy atom. The van der Waals surface area contributed by atoms with Gasteiger partial charge in [0, 0.05) is 41.9 Å². The molecular weight excluding hydrogens is 1290 g/mol. The number of methoxy groups -OCH3 is 1.